The van der Waals surface area contributed by atoms with Gasteiger partial charge >= 0.3 is 0 Å². The van der Waals surface area contributed by atoms with Crippen molar-refractivity contribution in [2.75, 3.05) is 19.6 Å². The maximum Gasteiger partial charge on any atom is 0.178 e. The SMILES string of the molecule is c1cnn(-c2ccc3nnc(C4CCN(CCn5cncn5)CC4)n3n2)c1. The number of rotatable bonds is 5. The van der Waals surface area contributed by atoms with Crippen LogP contribution in [0.4, 0.5) is 0 Å². The van der Waals surface area contributed by atoms with Gasteiger partial charge in [-0.05, 0) is 44.1 Å². The number of piperidine rings is 1. The van der Waals surface area contributed by atoms with Gasteiger partial charge in [-0.15, -0.1) is 15.3 Å². The summed E-state index contributed by atoms with van der Waals surface area (Å²) in [6.07, 6.45) is 9.06. The van der Waals surface area contributed by atoms with E-state index >= 15 is 0 Å². The van der Waals surface area contributed by atoms with Crippen molar-refractivity contribution in [1.82, 2.24) is 49.3 Å². The van der Waals surface area contributed by atoms with Gasteiger partial charge in [-0.1, -0.05) is 0 Å². The molecule has 4 aromatic rings. The fraction of sp³-hybridized carbons (Fsp3) is 0.412. The third kappa shape index (κ3) is 3.19. The topological polar surface area (TPSA) is 94.8 Å². The first-order valence-corrected chi connectivity index (χ1v) is 9.14. The fourth-order valence-electron chi connectivity index (χ4n) is 3.58. The summed E-state index contributed by atoms with van der Waals surface area (Å²) in [5.74, 6) is 2.07. The number of hydrogen-bond acceptors (Lipinski definition) is 7. The van der Waals surface area contributed by atoms with Crippen LogP contribution < -0.4 is 0 Å². The van der Waals surface area contributed by atoms with Crippen LogP contribution in [0.15, 0.2) is 43.2 Å². The Bertz CT molecular complexity index is 996. The summed E-state index contributed by atoms with van der Waals surface area (Å²) in [5.41, 5.74) is 0.773. The van der Waals surface area contributed by atoms with Gasteiger partial charge in [-0.3, -0.25) is 4.68 Å². The first kappa shape index (κ1) is 16.1. The van der Waals surface area contributed by atoms with Gasteiger partial charge in [0.05, 0.1) is 6.54 Å². The molecule has 0 aromatic carbocycles. The van der Waals surface area contributed by atoms with Crippen LogP contribution >= 0.6 is 0 Å². The number of fused-ring (bicyclic) bond motifs is 1. The third-order valence-electron chi connectivity index (χ3n) is 5.08. The second kappa shape index (κ2) is 6.88. The molecular formula is C17H20N10. The van der Waals surface area contributed by atoms with Crippen molar-refractivity contribution >= 4 is 5.65 Å². The van der Waals surface area contributed by atoms with Gasteiger partial charge in [0, 0.05) is 24.9 Å². The molecule has 0 radical (unpaired) electrons. The van der Waals surface area contributed by atoms with Gasteiger partial charge in [0.25, 0.3) is 0 Å². The van der Waals surface area contributed by atoms with Crippen molar-refractivity contribution in [3.8, 4) is 5.82 Å². The van der Waals surface area contributed by atoms with Gasteiger partial charge < -0.3 is 4.90 Å². The Morgan fingerprint density at radius 3 is 2.74 bits per heavy atom. The molecule has 0 atom stereocenters. The zero-order chi connectivity index (χ0) is 18.1. The molecule has 0 unspecified atom stereocenters. The molecule has 0 aliphatic carbocycles. The van der Waals surface area contributed by atoms with Gasteiger partial charge in [0.15, 0.2) is 17.3 Å². The molecule has 1 fully saturated rings. The van der Waals surface area contributed by atoms with E-state index in [9.17, 15) is 0 Å². The molecule has 1 saturated heterocycles. The van der Waals surface area contributed by atoms with Crippen molar-refractivity contribution in [2.45, 2.75) is 25.3 Å². The molecule has 10 nitrogen and oxygen atoms in total. The molecule has 10 heteroatoms. The van der Waals surface area contributed by atoms with E-state index in [1.807, 2.05) is 33.6 Å². The average molecular weight is 364 g/mol. The van der Waals surface area contributed by atoms with Crippen LogP contribution in [-0.4, -0.2) is 68.9 Å². The van der Waals surface area contributed by atoms with Crippen LogP contribution in [0.1, 0.15) is 24.6 Å². The van der Waals surface area contributed by atoms with Crippen molar-refractivity contribution in [3.63, 3.8) is 0 Å². The van der Waals surface area contributed by atoms with Crippen molar-refractivity contribution in [1.29, 1.82) is 0 Å². The Morgan fingerprint density at radius 2 is 1.96 bits per heavy atom. The highest BCUT2D eigenvalue weighted by molar-refractivity contribution is 5.39. The van der Waals surface area contributed by atoms with Crippen LogP contribution in [0.3, 0.4) is 0 Å². The largest absolute Gasteiger partial charge is 0.301 e. The first-order chi connectivity index (χ1) is 13.4. The lowest BCUT2D eigenvalue weighted by atomic mass is 9.96. The summed E-state index contributed by atoms with van der Waals surface area (Å²) >= 11 is 0. The highest BCUT2D eigenvalue weighted by Crippen LogP contribution is 2.26. The predicted molar refractivity (Wildman–Crippen MR) is 96.3 cm³/mol. The number of nitrogens with zero attached hydrogens (tertiary/aromatic N) is 10. The Kier molecular flexibility index (Phi) is 4.09. The van der Waals surface area contributed by atoms with E-state index in [1.54, 1.807) is 23.5 Å². The Morgan fingerprint density at radius 1 is 1.04 bits per heavy atom. The van der Waals surface area contributed by atoms with Crippen molar-refractivity contribution in [2.24, 2.45) is 0 Å². The van der Waals surface area contributed by atoms with E-state index in [1.165, 1.54) is 0 Å². The third-order valence-corrected chi connectivity index (χ3v) is 5.08. The number of hydrogen-bond donors (Lipinski definition) is 0. The van der Waals surface area contributed by atoms with E-state index in [-0.39, 0.29) is 0 Å². The molecule has 4 aromatic heterocycles. The van der Waals surface area contributed by atoms with Gasteiger partial charge in [-0.25, -0.2) is 9.67 Å². The highest BCUT2D eigenvalue weighted by Gasteiger charge is 2.25. The highest BCUT2D eigenvalue weighted by atomic mass is 15.4. The summed E-state index contributed by atoms with van der Waals surface area (Å²) in [4.78, 5) is 6.45. The van der Waals surface area contributed by atoms with Crippen LogP contribution in [0.25, 0.3) is 11.5 Å². The smallest absolute Gasteiger partial charge is 0.178 e. The monoisotopic (exact) mass is 364 g/mol. The fourth-order valence-corrected chi connectivity index (χ4v) is 3.58. The molecule has 27 heavy (non-hydrogen) atoms. The zero-order valence-electron chi connectivity index (χ0n) is 14.8. The molecular weight excluding hydrogens is 344 g/mol. The van der Waals surface area contributed by atoms with Gasteiger partial charge in [-0.2, -0.15) is 14.7 Å². The van der Waals surface area contributed by atoms with Gasteiger partial charge in [0.2, 0.25) is 0 Å². The lowest BCUT2D eigenvalue weighted by molar-refractivity contribution is 0.199. The molecule has 1 aliphatic heterocycles. The maximum absolute atomic E-state index is 4.70. The van der Waals surface area contributed by atoms with E-state index in [4.69, 9.17) is 5.10 Å². The normalized spacial score (nSPS) is 16.3. The first-order valence-electron chi connectivity index (χ1n) is 9.14. The molecule has 0 bridgehead atoms. The molecule has 0 spiro atoms. The van der Waals surface area contributed by atoms with Crippen LogP contribution in [-0.2, 0) is 6.54 Å². The zero-order valence-corrected chi connectivity index (χ0v) is 14.8. The van der Waals surface area contributed by atoms with Crippen molar-refractivity contribution < 1.29 is 0 Å². The van der Waals surface area contributed by atoms with Gasteiger partial charge in [0.1, 0.15) is 12.7 Å². The molecule has 1 aliphatic rings. The summed E-state index contributed by atoms with van der Waals surface area (Å²) in [6.45, 7) is 3.92. The lowest BCUT2D eigenvalue weighted by Crippen LogP contribution is -2.35. The second-order valence-corrected chi connectivity index (χ2v) is 6.74. The average Bonchev–Trinajstić information content (AvgIpc) is 3.48. The molecule has 0 N–H and O–H groups in total. The molecule has 5 rings (SSSR count). The minimum atomic E-state index is 0.364. The van der Waals surface area contributed by atoms with E-state index in [0.717, 1.165) is 56.3 Å². The standard InChI is InChI=1S/C17H20N10/c1-6-19-26(7-1)16-3-2-15-21-22-17(27(15)23-16)14-4-8-24(9-5-14)10-11-25-13-18-12-20-25/h1-3,6-7,12-14H,4-5,8-11H2. The maximum atomic E-state index is 4.70. The Hall–Kier alpha value is -3.14. The molecule has 5 heterocycles. The van der Waals surface area contributed by atoms with Crippen molar-refractivity contribution in [3.05, 3.63) is 49.1 Å². The molecule has 138 valence electrons. The van der Waals surface area contributed by atoms with E-state index < -0.39 is 0 Å². The van der Waals surface area contributed by atoms with Crippen LogP contribution in [0.5, 0.6) is 0 Å². The van der Waals surface area contributed by atoms with E-state index in [0.29, 0.717) is 5.92 Å². The Labute approximate surface area is 155 Å². The van der Waals surface area contributed by atoms with Crippen LogP contribution in [0.2, 0.25) is 0 Å². The second-order valence-electron chi connectivity index (χ2n) is 6.74. The number of aromatic nitrogens is 9. The van der Waals surface area contributed by atoms with Crippen LogP contribution in [0, 0.1) is 0 Å². The quantitative estimate of drug-likeness (QED) is 0.516. The number of likely N-dealkylation sites (tertiary alicyclic amines) is 1. The summed E-state index contributed by atoms with van der Waals surface area (Å²) in [6, 6.07) is 5.73. The lowest BCUT2D eigenvalue weighted by Gasteiger charge is -2.30. The summed E-state index contributed by atoms with van der Waals surface area (Å²) in [5, 5.41) is 21.8. The molecule has 0 saturated carbocycles. The van der Waals surface area contributed by atoms with E-state index in [2.05, 4.69) is 30.3 Å². The molecule has 0 amide bonds. The Balaban J connectivity index is 1.29. The predicted octanol–water partition coefficient (Wildman–Crippen LogP) is 0.781. The summed E-state index contributed by atoms with van der Waals surface area (Å²) in [7, 11) is 0. The minimum Gasteiger partial charge on any atom is -0.301 e. The summed E-state index contributed by atoms with van der Waals surface area (Å²) < 4.78 is 5.49. The minimum absolute atomic E-state index is 0.364.